The van der Waals surface area contributed by atoms with Crippen LogP contribution in [-0.4, -0.2) is 17.6 Å². The van der Waals surface area contributed by atoms with Gasteiger partial charge in [-0.05, 0) is 19.1 Å². The molecule has 3 N–H and O–H groups in total. The van der Waals surface area contributed by atoms with Crippen LogP contribution in [0, 0.1) is 0 Å². The molecule has 1 aromatic heterocycles. The van der Waals surface area contributed by atoms with Gasteiger partial charge in [0.1, 0.15) is 5.82 Å². The summed E-state index contributed by atoms with van der Waals surface area (Å²) >= 11 is 0. The number of nitrogens with zero attached hydrogens (tertiary/aromatic N) is 2. The van der Waals surface area contributed by atoms with Gasteiger partial charge >= 0.3 is 0 Å². The molecule has 1 atom stereocenters. The summed E-state index contributed by atoms with van der Waals surface area (Å²) in [7, 11) is 0. The summed E-state index contributed by atoms with van der Waals surface area (Å²) in [6.07, 6.45) is 2.81. The standard InChI is InChI=1S/C11H15N5/c1-8-6-10-9(7-13-8)14-15-16(10)11-4-2-3-5-12-11/h2-5,8,13-15H,6-7H2,1H3. The van der Waals surface area contributed by atoms with E-state index >= 15 is 0 Å². The first-order chi connectivity index (χ1) is 7.84. The maximum Gasteiger partial charge on any atom is 0.148 e. The highest BCUT2D eigenvalue weighted by molar-refractivity contribution is 5.48. The highest BCUT2D eigenvalue weighted by Gasteiger charge is 2.28. The Balaban J connectivity index is 1.91. The van der Waals surface area contributed by atoms with E-state index in [0.29, 0.717) is 6.04 Å². The van der Waals surface area contributed by atoms with Crippen LogP contribution < -0.4 is 21.3 Å². The molecule has 0 aliphatic carbocycles. The molecule has 2 aliphatic rings. The zero-order valence-electron chi connectivity index (χ0n) is 9.20. The van der Waals surface area contributed by atoms with Crippen molar-refractivity contribution in [2.75, 3.05) is 11.6 Å². The molecule has 0 fully saturated rings. The van der Waals surface area contributed by atoms with Gasteiger partial charge in [0.05, 0.1) is 11.4 Å². The third-order valence-electron chi connectivity index (χ3n) is 2.94. The number of rotatable bonds is 1. The Morgan fingerprint density at radius 1 is 1.44 bits per heavy atom. The van der Waals surface area contributed by atoms with Crippen molar-refractivity contribution in [3.8, 4) is 0 Å². The molecule has 84 valence electrons. The van der Waals surface area contributed by atoms with Crippen LogP contribution in [0.1, 0.15) is 13.3 Å². The Morgan fingerprint density at radius 3 is 3.19 bits per heavy atom. The van der Waals surface area contributed by atoms with Crippen LogP contribution in [0.3, 0.4) is 0 Å². The fourth-order valence-electron chi connectivity index (χ4n) is 2.08. The van der Waals surface area contributed by atoms with Crippen molar-refractivity contribution in [1.82, 2.24) is 21.3 Å². The van der Waals surface area contributed by atoms with Gasteiger partial charge in [-0.25, -0.2) is 9.99 Å². The lowest BCUT2D eigenvalue weighted by molar-refractivity contribution is 0.533. The van der Waals surface area contributed by atoms with E-state index in [2.05, 4.69) is 28.2 Å². The van der Waals surface area contributed by atoms with Gasteiger partial charge in [0, 0.05) is 25.2 Å². The molecular weight excluding hydrogens is 202 g/mol. The predicted molar refractivity (Wildman–Crippen MR) is 62.1 cm³/mol. The van der Waals surface area contributed by atoms with Crippen molar-refractivity contribution >= 4 is 5.82 Å². The zero-order valence-corrected chi connectivity index (χ0v) is 9.20. The third-order valence-corrected chi connectivity index (χ3v) is 2.94. The Hall–Kier alpha value is -1.59. The van der Waals surface area contributed by atoms with E-state index in [4.69, 9.17) is 0 Å². The maximum absolute atomic E-state index is 4.35. The lowest BCUT2D eigenvalue weighted by Crippen LogP contribution is -2.38. The molecule has 0 radical (unpaired) electrons. The van der Waals surface area contributed by atoms with Crippen molar-refractivity contribution in [2.24, 2.45) is 0 Å². The number of hydrogen-bond donors (Lipinski definition) is 3. The number of hydrogen-bond acceptors (Lipinski definition) is 5. The van der Waals surface area contributed by atoms with Crippen molar-refractivity contribution in [3.63, 3.8) is 0 Å². The highest BCUT2D eigenvalue weighted by Crippen LogP contribution is 2.25. The molecule has 1 aromatic rings. The number of aromatic nitrogens is 1. The minimum Gasteiger partial charge on any atom is -0.308 e. The summed E-state index contributed by atoms with van der Waals surface area (Å²) in [5.74, 6) is 0.925. The van der Waals surface area contributed by atoms with E-state index in [1.165, 1.54) is 11.4 Å². The second kappa shape index (κ2) is 3.77. The van der Waals surface area contributed by atoms with E-state index in [9.17, 15) is 0 Å². The van der Waals surface area contributed by atoms with Gasteiger partial charge in [-0.2, -0.15) is 0 Å². The van der Waals surface area contributed by atoms with Crippen LogP contribution in [-0.2, 0) is 0 Å². The Kier molecular flexibility index (Phi) is 2.27. The van der Waals surface area contributed by atoms with Crippen LogP contribution >= 0.6 is 0 Å². The fraction of sp³-hybridized carbons (Fsp3) is 0.364. The first-order valence-corrected chi connectivity index (χ1v) is 5.53. The molecule has 16 heavy (non-hydrogen) atoms. The Labute approximate surface area is 94.5 Å². The molecule has 5 heteroatoms. The molecule has 3 rings (SSSR count). The van der Waals surface area contributed by atoms with Crippen molar-refractivity contribution in [1.29, 1.82) is 0 Å². The van der Waals surface area contributed by atoms with E-state index in [0.717, 1.165) is 18.8 Å². The molecule has 0 saturated heterocycles. The van der Waals surface area contributed by atoms with E-state index in [-0.39, 0.29) is 0 Å². The molecule has 0 bridgehead atoms. The van der Waals surface area contributed by atoms with Gasteiger partial charge in [-0.3, -0.25) is 0 Å². The summed E-state index contributed by atoms with van der Waals surface area (Å²) in [5, 5.41) is 5.44. The van der Waals surface area contributed by atoms with Gasteiger partial charge < -0.3 is 10.7 Å². The summed E-state index contributed by atoms with van der Waals surface area (Å²) in [6, 6.07) is 6.42. The minimum atomic E-state index is 0.506. The Bertz CT molecular complexity index is 414. The van der Waals surface area contributed by atoms with Gasteiger partial charge in [-0.15, -0.1) is 5.53 Å². The summed E-state index contributed by atoms with van der Waals surface area (Å²) in [4.78, 5) is 4.35. The number of hydrazine groups is 2. The van der Waals surface area contributed by atoms with Crippen LogP contribution in [0.4, 0.5) is 5.82 Å². The average Bonchev–Trinajstić information content (AvgIpc) is 2.73. The Morgan fingerprint density at radius 2 is 2.38 bits per heavy atom. The predicted octanol–water partition coefficient (Wildman–Crippen LogP) is 0.504. The molecule has 0 aromatic carbocycles. The van der Waals surface area contributed by atoms with E-state index in [1.54, 1.807) is 6.20 Å². The summed E-state index contributed by atoms with van der Waals surface area (Å²) in [6.45, 7) is 3.07. The molecule has 0 amide bonds. The SMILES string of the molecule is CC1CC2=C(CN1)NNN2c1ccccn1. The van der Waals surface area contributed by atoms with E-state index < -0.39 is 0 Å². The monoisotopic (exact) mass is 217 g/mol. The van der Waals surface area contributed by atoms with Gasteiger partial charge in [0.2, 0.25) is 0 Å². The average molecular weight is 217 g/mol. The quantitative estimate of drug-likeness (QED) is 0.639. The van der Waals surface area contributed by atoms with E-state index in [1.807, 2.05) is 23.2 Å². The first kappa shape index (κ1) is 9.62. The molecule has 3 heterocycles. The highest BCUT2D eigenvalue weighted by atomic mass is 15.7. The van der Waals surface area contributed by atoms with Crippen molar-refractivity contribution in [3.05, 3.63) is 35.8 Å². The molecule has 5 nitrogen and oxygen atoms in total. The number of anilines is 1. The molecule has 0 spiro atoms. The topological polar surface area (TPSA) is 52.2 Å². The zero-order chi connectivity index (χ0) is 11.0. The third kappa shape index (κ3) is 1.54. The molecule has 1 unspecified atom stereocenters. The maximum atomic E-state index is 4.35. The summed E-state index contributed by atoms with van der Waals surface area (Å²) in [5.41, 5.74) is 8.82. The normalized spacial score (nSPS) is 24.3. The van der Waals surface area contributed by atoms with Gasteiger partial charge in [-0.1, -0.05) is 6.07 Å². The molecule has 0 saturated carbocycles. The fourth-order valence-corrected chi connectivity index (χ4v) is 2.08. The van der Waals surface area contributed by atoms with Crippen LogP contribution in [0.2, 0.25) is 0 Å². The number of pyridine rings is 1. The van der Waals surface area contributed by atoms with Crippen LogP contribution in [0.5, 0.6) is 0 Å². The van der Waals surface area contributed by atoms with Crippen molar-refractivity contribution in [2.45, 2.75) is 19.4 Å². The smallest absolute Gasteiger partial charge is 0.148 e. The van der Waals surface area contributed by atoms with Gasteiger partial charge in [0.15, 0.2) is 0 Å². The number of nitrogens with one attached hydrogen (secondary N) is 3. The largest absolute Gasteiger partial charge is 0.308 e. The minimum absolute atomic E-state index is 0.506. The summed E-state index contributed by atoms with van der Waals surface area (Å²) < 4.78 is 0. The second-order valence-electron chi connectivity index (χ2n) is 4.17. The van der Waals surface area contributed by atoms with Crippen LogP contribution in [0.25, 0.3) is 0 Å². The van der Waals surface area contributed by atoms with Crippen LogP contribution in [0.15, 0.2) is 35.8 Å². The molecule has 2 aliphatic heterocycles. The van der Waals surface area contributed by atoms with Gasteiger partial charge in [0.25, 0.3) is 0 Å². The molecular formula is C11H15N5. The lowest BCUT2D eigenvalue weighted by Gasteiger charge is -2.25. The lowest BCUT2D eigenvalue weighted by atomic mass is 10.1. The van der Waals surface area contributed by atoms with Crippen molar-refractivity contribution < 1.29 is 0 Å². The first-order valence-electron chi connectivity index (χ1n) is 5.53. The second-order valence-corrected chi connectivity index (χ2v) is 4.17.